The average Bonchev–Trinajstić information content (AvgIpc) is 2.90. The minimum atomic E-state index is -0.502. The summed E-state index contributed by atoms with van der Waals surface area (Å²) in [6, 6.07) is 9.66. The van der Waals surface area contributed by atoms with Gasteiger partial charge >= 0.3 is 0 Å². The van der Waals surface area contributed by atoms with E-state index in [9.17, 15) is 5.11 Å². The van der Waals surface area contributed by atoms with E-state index >= 15 is 0 Å². The van der Waals surface area contributed by atoms with Crippen molar-refractivity contribution in [1.82, 2.24) is 0 Å². The van der Waals surface area contributed by atoms with E-state index in [1.165, 1.54) is 0 Å². The van der Waals surface area contributed by atoms with Gasteiger partial charge < -0.3 is 10.8 Å². The van der Waals surface area contributed by atoms with E-state index in [2.05, 4.69) is 11.8 Å². The number of benzene rings is 1. The van der Waals surface area contributed by atoms with Gasteiger partial charge in [-0.1, -0.05) is 24.0 Å². The van der Waals surface area contributed by atoms with E-state index in [1.54, 1.807) is 11.3 Å². The Morgan fingerprint density at radius 3 is 2.78 bits per heavy atom. The SMILES string of the molecule is NCCC(O)c1cccc(C#Cc2ccsc2)c1. The maximum Gasteiger partial charge on any atom is 0.0802 e. The summed E-state index contributed by atoms with van der Waals surface area (Å²) in [6.07, 6.45) is 0.0689. The van der Waals surface area contributed by atoms with Gasteiger partial charge in [0.05, 0.1) is 6.10 Å². The standard InChI is InChI=1S/C15H15NOS/c16-8-6-15(17)14-3-1-2-12(10-14)4-5-13-7-9-18-11-13/h1-3,7,9-11,15,17H,6,8,16H2. The number of aliphatic hydroxyl groups excluding tert-OH is 1. The Kier molecular flexibility index (Phi) is 4.54. The van der Waals surface area contributed by atoms with Crippen molar-refractivity contribution in [2.75, 3.05) is 6.54 Å². The summed E-state index contributed by atoms with van der Waals surface area (Å²) in [7, 11) is 0. The molecule has 1 unspecified atom stereocenters. The van der Waals surface area contributed by atoms with Crippen molar-refractivity contribution in [3.05, 3.63) is 57.8 Å². The zero-order chi connectivity index (χ0) is 12.8. The fourth-order valence-corrected chi connectivity index (χ4v) is 2.22. The van der Waals surface area contributed by atoms with Crippen molar-refractivity contribution >= 4 is 11.3 Å². The quantitative estimate of drug-likeness (QED) is 0.830. The van der Waals surface area contributed by atoms with Gasteiger partial charge in [0.15, 0.2) is 0 Å². The number of hydrogen-bond donors (Lipinski definition) is 2. The maximum absolute atomic E-state index is 9.87. The van der Waals surface area contributed by atoms with Crippen LogP contribution in [0.1, 0.15) is 29.2 Å². The first-order valence-electron chi connectivity index (χ1n) is 5.82. The van der Waals surface area contributed by atoms with Crippen LogP contribution in [0, 0.1) is 11.8 Å². The molecule has 0 aliphatic carbocycles. The number of thiophene rings is 1. The van der Waals surface area contributed by atoms with E-state index in [1.807, 2.05) is 41.1 Å². The van der Waals surface area contributed by atoms with Crippen LogP contribution < -0.4 is 5.73 Å². The maximum atomic E-state index is 9.87. The van der Waals surface area contributed by atoms with Crippen LogP contribution in [0.15, 0.2) is 41.1 Å². The first-order chi connectivity index (χ1) is 8.79. The Labute approximate surface area is 111 Å². The van der Waals surface area contributed by atoms with Crippen molar-refractivity contribution in [2.45, 2.75) is 12.5 Å². The molecule has 0 spiro atoms. The normalized spacial score (nSPS) is 11.7. The van der Waals surface area contributed by atoms with Gasteiger partial charge in [-0.25, -0.2) is 0 Å². The molecule has 1 heterocycles. The Balaban J connectivity index is 2.17. The van der Waals surface area contributed by atoms with Crippen molar-refractivity contribution < 1.29 is 5.11 Å². The lowest BCUT2D eigenvalue weighted by molar-refractivity contribution is 0.170. The molecule has 3 heteroatoms. The average molecular weight is 257 g/mol. The van der Waals surface area contributed by atoms with Crippen LogP contribution in [-0.2, 0) is 0 Å². The van der Waals surface area contributed by atoms with E-state index in [-0.39, 0.29) is 0 Å². The summed E-state index contributed by atoms with van der Waals surface area (Å²) in [4.78, 5) is 0. The molecule has 2 nitrogen and oxygen atoms in total. The summed E-state index contributed by atoms with van der Waals surface area (Å²) in [5.74, 6) is 6.19. The number of aliphatic hydroxyl groups is 1. The van der Waals surface area contributed by atoms with Crippen LogP contribution in [0.2, 0.25) is 0 Å². The van der Waals surface area contributed by atoms with Gasteiger partial charge in [0.25, 0.3) is 0 Å². The molecule has 0 fully saturated rings. The van der Waals surface area contributed by atoms with Crippen LogP contribution >= 0.6 is 11.3 Å². The summed E-state index contributed by atoms with van der Waals surface area (Å²) >= 11 is 1.63. The van der Waals surface area contributed by atoms with Crippen molar-refractivity contribution in [3.63, 3.8) is 0 Å². The predicted octanol–water partition coefficient (Wildman–Crippen LogP) is 2.53. The molecule has 1 aromatic heterocycles. The fraction of sp³-hybridized carbons (Fsp3) is 0.200. The molecule has 0 aliphatic heterocycles. The molecule has 2 aromatic rings. The monoisotopic (exact) mass is 257 g/mol. The molecule has 0 radical (unpaired) electrons. The molecule has 18 heavy (non-hydrogen) atoms. The van der Waals surface area contributed by atoms with Gasteiger partial charge in [0.2, 0.25) is 0 Å². The molecule has 3 N–H and O–H groups in total. The minimum absolute atomic E-state index is 0.478. The predicted molar refractivity (Wildman–Crippen MR) is 75.4 cm³/mol. The first-order valence-corrected chi connectivity index (χ1v) is 6.76. The van der Waals surface area contributed by atoms with E-state index in [4.69, 9.17) is 5.73 Å². The molecule has 1 atom stereocenters. The zero-order valence-electron chi connectivity index (χ0n) is 9.97. The Hall–Kier alpha value is -1.60. The van der Waals surface area contributed by atoms with Crippen LogP contribution in [0.4, 0.5) is 0 Å². The fourth-order valence-electron chi connectivity index (χ4n) is 1.63. The summed E-state index contributed by atoms with van der Waals surface area (Å²) in [6.45, 7) is 0.478. The van der Waals surface area contributed by atoms with Gasteiger partial charge in [0.1, 0.15) is 0 Å². The molecule has 2 rings (SSSR count). The Morgan fingerprint density at radius 1 is 1.22 bits per heavy atom. The number of nitrogens with two attached hydrogens (primary N) is 1. The van der Waals surface area contributed by atoms with Crippen molar-refractivity contribution in [1.29, 1.82) is 0 Å². The smallest absolute Gasteiger partial charge is 0.0802 e. The Morgan fingerprint density at radius 2 is 2.06 bits per heavy atom. The third-order valence-corrected chi connectivity index (χ3v) is 3.27. The highest BCUT2D eigenvalue weighted by molar-refractivity contribution is 7.08. The van der Waals surface area contributed by atoms with E-state index < -0.39 is 6.10 Å². The molecule has 0 amide bonds. The minimum Gasteiger partial charge on any atom is -0.388 e. The molecular weight excluding hydrogens is 242 g/mol. The molecule has 0 aliphatic rings. The zero-order valence-corrected chi connectivity index (χ0v) is 10.8. The number of hydrogen-bond acceptors (Lipinski definition) is 3. The van der Waals surface area contributed by atoms with Crippen molar-refractivity contribution in [2.24, 2.45) is 5.73 Å². The lowest BCUT2D eigenvalue weighted by atomic mass is 10.0. The molecule has 0 bridgehead atoms. The topological polar surface area (TPSA) is 46.2 Å². The van der Waals surface area contributed by atoms with Crippen LogP contribution in [0.5, 0.6) is 0 Å². The van der Waals surface area contributed by atoms with Gasteiger partial charge in [0, 0.05) is 16.5 Å². The lowest BCUT2D eigenvalue weighted by Gasteiger charge is -2.09. The molecule has 1 aromatic carbocycles. The van der Waals surface area contributed by atoms with E-state index in [0.29, 0.717) is 13.0 Å². The summed E-state index contributed by atoms with van der Waals surface area (Å²) in [5, 5.41) is 13.9. The number of rotatable bonds is 3. The van der Waals surface area contributed by atoms with Crippen LogP contribution in [0.3, 0.4) is 0 Å². The second-order valence-electron chi connectivity index (χ2n) is 3.98. The van der Waals surface area contributed by atoms with E-state index in [0.717, 1.165) is 16.7 Å². The largest absolute Gasteiger partial charge is 0.388 e. The summed E-state index contributed by atoms with van der Waals surface area (Å²) in [5.41, 5.74) is 8.25. The van der Waals surface area contributed by atoms with Gasteiger partial charge in [-0.3, -0.25) is 0 Å². The molecule has 0 saturated heterocycles. The third kappa shape index (κ3) is 3.44. The second-order valence-corrected chi connectivity index (χ2v) is 4.76. The van der Waals surface area contributed by atoms with Gasteiger partial charge in [-0.05, 0) is 42.1 Å². The Bertz CT molecular complexity index is 551. The molecule has 92 valence electrons. The third-order valence-electron chi connectivity index (χ3n) is 2.58. The van der Waals surface area contributed by atoms with Crippen molar-refractivity contribution in [3.8, 4) is 11.8 Å². The lowest BCUT2D eigenvalue weighted by Crippen LogP contribution is -2.06. The summed E-state index contributed by atoms with van der Waals surface area (Å²) < 4.78 is 0. The highest BCUT2D eigenvalue weighted by Crippen LogP contribution is 2.16. The van der Waals surface area contributed by atoms with Crippen LogP contribution in [0.25, 0.3) is 0 Å². The van der Waals surface area contributed by atoms with Gasteiger partial charge in [-0.15, -0.1) is 0 Å². The first kappa shape index (κ1) is 12.8. The highest BCUT2D eigenvalue weighted by atomic mass is 32.1. The molecule has 0 saturated carbocycles. The highest BCUT2D eigenvalue weighted by Gasteiger charge is 2.05. The molecular formula is C15H15NOS. The van der Waals surface area contributed by atoms with Gasteiger partial charge in [-0.2, -0.15) is 11.3 Å². The van der Waals surface area contributed by atoms with Crippen LogP contribution in [-0.4, -0.2) is 11.7 Å². The second kappa shape index (κ2) is 6.36.